The highest BCUT2D eigenvalue weighted by atomic mass is 35.5. The molecule has 5 heteroatoms. The first kappa shape index (κ1) is 26.5. The molecule has 35 heavy (non-hydrogen) atoms. The fourth-order valence-corrected chi connectivity index (χ4v) is 4.06. The van der Waals surface area contributed by atoms with Crippen LogP contribution in [0.25, 0.3) is 0 Å². The number of hydrogen-bond donors (Lipinski definition) is 1. The summed E-state index contributed by atoms with van der Waals surface area (Å²) in [6.07, 6.45) is 2.23. The van der Waals surface area contributed by atoms with Gasteiger partial charge in [-0.25, -0.2) is 0 Å². The predicted octanol–water partition coefficient (Wildman–Crippen LogP) is 6.14. The zero-order chi connectivity index (χ0) is 25.2. The standard InChI is InChI=1S/C30H35ClN2O2/c1-4-23(3)32-30(35)28(20-25-8-6-5-7-9-25)33(21-26-14-17-27(31)18-15-26)29(34)19-16-24-12-10-22(2)11-13-24/h5-15,17-18,23,28H,4,16,19-21H2,1-3H3,(H,32,35)/t23-,28-/m0/s1. The summed E-state index contributed by atoms with van der Waals surface area (Å²) in [6, 6.07) is 25.0. The third kappa shape index (κ3) is 8.25. The van der Waals surface area contributed by atoms with Crippen molar-refractivity contribution in [2.45, 2.75) is 65.1 Å². The second-order valence-electron chi connectivity index (χ2n) is 9.16. The van der Waals surface area contributed by atoms with E-state index in [0.717, 1.165) is 23.1 Å². The molecule has 1 N–H and O–H groups in total. The molecular formula is C30H35ClN2O2. The Morgan fingerprint density at radius 2 is 1.51 bits per heavy atom. The van der Waals surface area contributed by atoms with Gasteiger partial charge in [0.1, 0.15) is 6.04 Å². The van der Waals surface area contributed by atoms with Crippen LogP contribution < -0.4 is 5.32 Å². The second kappa shape index (κ2) is 13.1. The molecule has 3 rings (SSSR count). The molecule has 0 aromatic heterocycles. The fraction of sp³-hybridized carbons (Fsp3) is 0.333. The van der Waals surface area contributed by atoms with Crippen molar-refractivity contribution < 1.29 is 9.59 Å². The summed E-state index contributed by atoms with van der Waals surface area (Å²) in [4.78, 5) is 28.9. The van der Waals surface area contributed by atoms with Gasteiger partial charge in [0.2, 0.25) is 11.8 Å². The Labute approximate surface area is 214 Å². The molecule has 2 amide bonds. The largest absolute Gasteiger partial charge is 0.352 e. The molecule has 0 spiro atoms. The van der Waals surface area contributed by atoms with Crippen molar-refractivity contribution >= 4 is 23.4 Å². The lowest BCUT2D eigenvalue weighted by molar-refractivity contribution is -0.141. The number of nitrogens with zero attached hydrogens (tertiary/aromatic N) is 1. The SMILES string of the molecule is CC[C@H](C)NC(=O)[C@H](Cc1ccccc1)N(Cc1ccc(Cl)cc1)C(=O)CCc1ccc(C)cc1. The second-order valence-corrected chi connectivity index (χ2v) is 9.59. The molecule has 184 valence electrons. The Kier molecular flexibility index (Phi) is 9.92. The van der Waals surface area contributed by atoms with Crippen LogP contribution in [-0.4, -0.2) is 28.8 Å². The maximum atomic E-state index is 13.7. The Bertz CT molecular complexity index is 1080. The first-order chi connectivity index (χ1) is 16.9. The molecule has 0 fully saturated rings. The van der Waals surface area contributed by atoms with Crippen molar-refractivity contribution in [1.82, 2.24) is 10.2 Å². The lowest BCUT2D eigenvalue weighted by Gasteiger charge is -2.32. The van der Waals surface area contributed by atoms with Gasteiger partial charge in [0.25, 0.3) is 0 Å². The average Bonchev–Trinajstić information content (AvgIpc) is 2.87. The van der Waals surface area contributed by atoms with Gasteiger partial charge in [0.15, 0.2) is 0 Å². The molecule has 0 radical (unpaired) electrons. The van der Waals surface area contributed by atoms with Crippen molar-refractivity contribution in [3.63, 3.8) is 0 Å². The number of amides is 2. The number of carbonyl (C=O) groups excluding carboxylic acids is 2. The summed E-state index contributed by atoms with van der Waals surface area (Å²) in [5, 5.41) is 3.75. The number of aryl methyl sites for hydroxylation is 2. The molecule has 0 unspecified atom stereocenters. The summed E-state index contributed by atoms with van der Waals surface area (Å²) in [6.45, 7) is 6.41. The molecule has 0 aliphatic rings. The lowest BCUT2D eigenvalue weighted by atomic mass is 10.0. The van der Waals surface area contributed by atoms with Crippen LogP contribution in [0, 0.1) is 6.92 Å². The molecule has 3 aromatic rings. The van der Waals surface area contributed by atoms with Gasteiger partial charge < -0.3 is 10.2 Å². The van der Waals surface area contributed by atoms with E-state index >= 15 is 0 Å². The zero-order valence-corrected chi connectivity index (χ0v) is 21.6. The number of rotatable bonds is 11. The molecule has 0 saturated heterocycles. The molecule has 0 bridgehead atoms. The smallest absolute Gasteiger partial charge is 0.243 e. The fourth-order valence-electron chi connectivity index (χ4n) is 3.93. The number of halogens is 1. The van der Waals surface area contributed by atoms with Crippen LogP contribution in [0.4, 0.5) is 0 Å². The highest BCUT2D eigenvalue weighted by molar-refractivity contribution is 6.30. The topological polar surface area (TPSA) is 49.4 Å². The third-order valence-corrected chi connectivity index (χ3v) is 6.54. The molecule has 0 saturated carbocycles. The van der Waals surface area contributed by atoms with Gasteiger partial charge in [-0.2, -0.15) is 0 Å². The molecule has 2 atom stereocenters. The van der Waals surface area contributed by atoms with Crippen molar-refractivity contribution in [2.24, 2.45) is 0 Å². The van der Waals surface area contributed by atoms with E-state index in [1.165, 1.54) is 5.56 Å². The zero-order valence-electron chi connectivity index (χ0n) is 20.8. The summed E-state index contributed by atoms with van der Waals surface area (Å²) in [7, 11) is 0. The van der Waals surface area contributed by atoms with E-state index in [-0.39, 0.29) is 17.9 Å². The van der Waals surface area contributed by atoms with Gasteiger partial charge in [0, 0.05) is 30.5 Å². The summed E-state index contributed by atoms with van der Waals surface area (Å²) >= 11 is 6.09. The molecule has 3 aromatic carbocycles. The highest BCUT2D eigenvalue weighted by Gasteiger charge is 2.30. The van der Waals surface area contributed by atoms with Crippen LogP contribution in [-0.2, 0) is 29.0 Å². The van der Waals surface area contributed by atoms with Crippen LogP contribution in [0.5, 0.6) is 0 Å². The monoisotopic (exact) mass is 490 g/mol. The van der Waals surface area contributed by atoms with Crippen LogP contribution in [0.1, 0.15) is 48.9 Å². The minimum Gasteiger partial charge on any atom is -0.352 e. The first-order valence-electron chi connectivity index (χ1n) is 12.3. The third-order valence-electron chi connectivity index (χ3n) is 6.29. The minimum absolute atomic E-state index is 0.0285. The first-order valence-corrected chi connectivity index (χ1v) is 12.7. The van der Waals surface area contributed by atoms with Gasteiger partial charge in [-0.3, -0.25) is 9.59 Å². The van der Waals surface area contributed by atoms with E-state index in [0.29, 0.717) is 30.8 Å². The van der Waals surface area contributed by atoms with E-state index < -0.39 is 6.04 Å². The summed E-state index contributed by atoms with van der Waals surface area (Å²) in [5.41, 5.74) is 4.25. The van der Waals surface area contributed by atoms with E-state index in [2.05, 4.69) is 29.6 Å². The van der Waals surface area contributed by atoms with E-state index in [9.17, 15) is 9.59 Å². The van der Waals surface area contributed by atoms with E-state index in [4.69, 9.17) is 11.6 Å². The molecule has 0 aliphatic heterocycles. The quantitative estimate of drug-likeness (QED) is 0.351. The van der Waals surface area contributed by atoms with Crippen LogP contribution in [0.3, 0.4) is 0 Å². The van der Waals surface area contributed by atoms with E-state index in [1.54, 1.807) is 4.90 Å². The van der Waals surface area contributed by atoms with Crippen molar-refractivity contribution in [3.05, 3.63) is 106 Å². The minimum atomic E-state index is -0.618. The van der Waals surface area contributed by atoms with Gasteiger partial charge in [-0.15, -0.1) is 0 Å². The van der Waals surface area contributed by atoms with Gasteiger partial charge in [0.05, 0.1) is 0 Å². The molecule has 0 heterocycles. The van der Waals surface area contributed by atoms with Gasteiger partial charge in [-0.05, 0) is 55.5 Å². The molecular weight excluding hydrogens is 456 g/mol. The lowest BCUT2D eigenvalue weighted by Crippen LogP contribution is -2.52. The van der Waals surface area contributed by atoms with Crippen molar-refractivity contribution in [2.75, 3.05) is 0 Å². The van der Waals surface area contributed by atoms with Crippen LogP contribution >= 0.6 is 11.6 Å². The maximum Gasteiger partial charge on any atom is 0.243 e. The Morgan fingerprint density at radius 1 is 0.886 bits per heavy atom. The Morgan fingerprint density at radius 3 is 2.14 bits per heavy atom. The van der Waals surface area contributed by atoms with Crippen LogP contribution in [0.2, 0.25) is 5.02 Å². The molecule has 4 nitrogen and oxygen atoms in total. The number of carbonyl (C=O) groups is 2. The average molecular weight is 491 g/mol. The van der Waals surface area contributed by atoms with Crippen molar-refractivity contribution in [3.8, 4) is 0 Å². The van der Waals surface area contributed by atoms with Crippen molar-refractivity contribution in [1.29, 1.82) is 0 Å². The van der Waals surface area contributed by atoms with E-state index in [1.807, 2.05) is 75.4 Å². The molecule has 0 aliphatic carbocycles. The summed E-state index contributed by atoms with van der Waals surface area (Å²) in [5.74, 6) is -0.165. The summed E-state index contributed by atoms with van der Waals surface area (Å²) < 4.78 is 0. The number of hydrogen-bond acceptors (Lipinski definition) is 2. The number of nitrogens with one attached hydrogen (secondary N) is 1. The van der Waals surface area contributed by atoms with Gasteiger partial charge in [-0.1, -0.05) is 90.8 Å². The van der Waals surface area contributed by atoms with Gasteiger partial charge >= 0.3 is 0 Å². The maximum absolute atomic E-state index is 13.7. The van der Waals surface area contributed by atoms with Crippen LogP contribution in [0.15, 0.2) is 78.9 Å². The Balaban J connectivity index is 1.89. The number of benzene rings is 3. The predicted molar refractivity (Wildman–Crippen MR) is 143 cm³/mol. The Hall–Kier alpha value is -3.11. The highest BCUT2D eigenvalue weighted by Crippen LogP contribution is 2.19. The normalized spacial score (nSPS) is 12.6.